The Morgan fingerprint density at radius 3 is 2.50 bits per heavy atom. The molecule has 0 amide bonds. The normalized spacial score (nSPS) is 21.2. The lowest BCUT2D eigenvalue weighted by molar-refractivity contribution is 0.474. The lowest BCUT2D eigenvalue weighted by atomic mass is 9.92. The molecular formula is C17H22BrNO. The molecule has 0 fully saturated rings. The number of phenolic OH excluding ortho intramolecular Hbond substituents is 1. The van der Waals surface area contributed by atoms with Gasteiger partial charge in [-0.1, -0.05) is 40.9 Å². The van der Waals surface area contributed by atoms with Gasteiger partial charge < -0.3 is 5.11 Å². The number of rotatable bonds is 7. The highest BCUT2D eigenvalue weighted by Crippen LogP contribution is 2.33. The van der Waals surface area contributed by atoms with Crippen LogP contribution in [0, 0.1) is 0 Å². The summed E-state index contributed by atoms with van der Waals surface area (Å²) in [6.45, 7) is 2.12. The molecule has 1 N–H and O–H groups in total. The topological polar surface area (TPSA) is 32.6 Å². The number of hydrogen-bond donors (Lipinski definition) is 1. The summed E-state index contributed by atoms with van der Waals surface area (Å²) >= 11 is 3.46. The van der Waals surface area contributed by atoms with E-state index in [0.29, 0.717) is 5.75 Å². The van der Waals surface area contributed by atoms with Gasteiger partial charge in [-0.25, -0.2) is 0 Å². The van der Waals surface area contributed by atoms with Crippen LogP contribution in [0.4, 0.5) is 0 Å². The van der Waals surface area contributed by atoms with Gasteiger partial charge >= 0.3 is 0 Å². The van der Waals surface area contributed by atoms with Gasteiger partial charge in [0.1, 0.15) is 11.3 Å². The first kappa shape index (κ1) is 15.3. The number of hydrogen-bond acceptors (Lipinski definition) is 2. The minimum absolute atomic E-state index is 0.265. The molecule has 0 radical (unpaired) electrons. The molecule has 1 heterocycles. The van der Waals surface area contributed by atoms with E-state index in [4.69, 9.17) is 0 Å². The molecule has 3 heteroatoms. The van der Waals surface area contributed by atoms with Crippen LogP contribution >= 0.6 is 15.9 Å². The third kappa shape index (κ3) is 3.95. The molecule has 0 aliphatic carbocycles. The van der Waals surface area contributed by atoms with Gasteiger partial charge in [-0.3, -0.25) is 4.99 Å². The van der Waals surface area contributed by atoms with Crippen molar-refractivity contribution in [3.05, 3.63) is 41.5 Å². The van der Waals surface area contributed by atoms with Gasteiger partial charge in [0.15, 0.2) is 0 Å². The monoisotopic (exact) mass is 335 g/mol. The molecule has 1 aromatic carbocycles. The van der Waals surface area contributed by atoms with Gasteiger partial charge in [0.25, 0.3) is 0 Å². The highest BCUT2D eigenvalue weighted by atomic mass is 79.9. The SMILES string of the molecule is CC1(c2ccc(O)cc2)C=C(CCCCCCBr)C=N1. The van der Waals surface area contributed by atoms with E-state index in [1.807, 2.05) is 18.3 Å². The first-order chi connectivity index (χ1) is 9.64. The minimum Gasteiger partial charge on any atom is -0.508 e. The molecule has 0 saturated carbocycles. The predicted molar refractivity (Wildman–Crippen MR) is 88.9 cm³/mol. The molecule has 1 aliphatic rings. The number of halogens is 1. The van der Waals surface area contributed by atoms with Crippen molar-refractivity contribution in [3.63, 3.8) is 0 Å². The van der Waals surface area contributed by atoms with E-state index in [-0.39, 0.29) is 5.54 Å². The average Bonchev–Trinajstić information content (AvgIpc) is 2.82. The lowest BCUT2D eigenvalue weighted by Gasteiger charge is -2.18. The summed E-state index contributed by atoms with van der Waals surface area (Å²) in [5.41, 5.74) is 2.19. The van der Waals surface area contributed by atoms with Gasteiger partial charge in [0.2, 0.25) is 0 Å². The van der Waals surface area contributed by atoms with E-state index in [2.05, 4.69) is 33.9 Å². The molecule has 0 spiro atoms. The van der Waals surface area contributed by atoms with Crippen molar-refractivity contribution < 1.29 is 5.11 Å². The van der Waals surface area contributed by atoms with Crippen molar-refractivity contribution in [1.82, 2.24) is 0 Å². The largest absolute Gasteiger partial charge is 0.508 e. The zero-order valence-corrected chi connectivity index (χ0v) is 13.6. The Kier molecular flexibility index (Phi) is 5.41. The van der Waals surface area contributed by atoms with Crippen LogP contribution in [0.3, 0.4) is 0 Å². The number of nitrogens with zero attached hydrogens (tertiary/aromatic N) is 1. The maximum Gasteiger partial charge on any atom is 0.115 e. The predicted octanol–water partition coefficient (Wildman–Crippen LogP) is 4.96. The van der Waals surface area contributed by atoms with Crippen molar-refractivity contribution in [2.45, 2.75) is 44.6 Å². The maximum atomic E-state index is 9.37. The second kappa shape index (κ2) is 7.07. The van der Waals surface area contributed by atoms with Gasteiger partial charge in [-0.15, -0.1) is 0 Å². The quantitative estimate of drug-likeness (QED) is 0.554. The molecular weight excluding hydrogens is 314 g/mol. The average molecular weight is 336 g/mol. The van der Waals surface area contributed by atoms with E-state index in [1.54, 1.807) is 12.1 Å². The van der Waals surface area contributed by atoms with Gasteiger partial charge in [0.05, 0.1) is 0 Å². The fraction of sp³-hybridized carbons (Fsp3) is 0.471. The molecule has 2 rings (SSSR count). The molecule has 1 atom stereocenters. The zero-order valence-electron chi connectivity index (χ0n) is 12.0. The van der Waals surface area contributed by atoms with Crippen molar-refractivity contribution in [1.29, 1.82) is 0 Å². The summed E-state index contributed by atoms with van der Waals surface area (Å²) < 4.78 is 0. The Morgan fingerprint density at radius 2 is 1.80 bits per heavy atom. The van der Waals surface area contributed by atoms with Crippen LogP contribution in [0.25, 0.3) is 0 Å². The number of aliphatic imine (C=N–C) groups is 1. The number of allylic oxidation sites excluding steroid dienone is 1. The Hall–Kier alpha value is -1.09. The summed E-state index contributed by atoms with van der Waals surface area (Å²) in [5, 5.41) is 10.5. The maximum absolute atomic E-state index is 9.37. The van der Waals surface area contributed by atoms with E-state index in [1.165, 1.54) is 31.3 Å². The van der Waals surface area contributed by atoms with Gasteiger partial charge in [0, 0.05) is 11.5 Å². The first-order valence-electron chi connectivity index (χ1n) is 7.26. The summed E-state index contributed by atoms with van der Waals surface area (Å²) in [7, 11) is 0. The fourth-order valence-electron chi connectivity index (χ4n) is 2.52. The Morgan fingerprint density at radius 1 is 1.10 bits per heavy atom. The zero-order chi connectivity index (χ0) is 14.4. The standard InChI is InChI=1S/C17H22BrNO/c1-17(15-7-9-16(20)10-8-15)12-14(13-19-17)6-4-2-3-5-11-18/h7-10,12-13,20H,2-6,11H2,1H3. The molecule has 108 valence electrons. The second-order valence-corrected chi connectivity index (χ2v) is 6.32. The number of aromatic hydroxyl groups is 1. The highest BCUT2D eigenvalue weighted by molar-refractivity contribution is 9.09. The third-order valence-electron chi connectivity index (χ3n) is 3.77. The molecule has 1 aromatic rings. The van der Waals surface area contributed by atoms with Crippen molar-refractivity contribution in [2.75, 3.05) is 5.33 Å². The number of unbranched alkanes of at least 4 members (excludes halogenated alkanes) is 3. The van der Waals surface area contributed by atoms with Crippen LogP contribution in [0.2, 0.25) is 0 Å². The summed E-state index contributed by atoms with van der Waals surface area (Å²) in [6, 6.07) is 7.34. The summed E-state index contributed by atoms with van der Waals surface area (Å²) in [6.07, 6.45) is 10.5. The van der Waals surface area contributed by atoms with Crippen LogP contribution in [0.5, 0.6) is 5.75 Å². The Balaban J connectivity index is 1.92. The number of benzene rings is 1. The second-order valence-electron chi connectivity index (χ2n) is 5.53. The number of phenols is 1. The van der Waals surface area contributed by atoms with Crippen LogP contribution in [-0.4, -0.2) is 16.7 Å². The van der Waals surface area contributed by atoms with E-state index < -0.39 is 0 Å². The highest BCUT2D eigenvalue weighted by Gasteiger charge is 2.26. The fourth-order valence-corrected chi connectivity index (χ4v) is 2.92. The third-order valence-corrected chi connectivity index (χ3v) is 4.33. The van der Waals surface area contributed by atoms with Crippen LogP contribution in [0.15, 0.2) is 40.9 Å². The number of alkyl halides is 1. The summed E-state index contributed by atoms with van der Waals surface area (Å²) in [4.78, 5) is 4.66. The van der Waals surface area contributed by atoms with Gasteiger partial charge in [-0.05, 0) is 55.5 Å². The van der Waals surface area contributed by atoms with E-state index in [0.717, 1.165) is 17.3 Å². The van der Waals surface area contributed by atoms with E-state index in [9.17, 15) is 5.11 Å². The molecule has 0 bridgehead atoms. The molecule has 1 unspecified atom stereocenters. The van der Waals surface area contributed by atoms with Gasteiger partial charge in [-0.2, -0.15) is 0 Å². The molecule has 0 saturated heterocycles. The molecule has 20 heavy (non-hydrogen) atoms. The van der Waals surface area contributed by atoms with Crippen molar-refractivity contribution >= 4 is 22.1 Å². The first-order valence-corrected chi connectivity index (χ1v) is 8.39. The molecule has 2 nitrogen and oxygen atoms in total. The minimum atomic E-state index is -0.265. The summed E-state index contributed by atoms with van der Waals surface area (Å²) in [5.74, 6) is 0.301. The smallest absolute Gasteiger partial charge is 0.115 e. The van der Waals surface area contributed by atoms with Crippen LogP contribution in [0.1, 0.15) is 44.6 Å². The van der Waals surface area contributed by atoms with Crippen LogP contribution < -0.4 is 0 Å². The molecule has 0 aromatic heterocycles. The Bertz CT molecular complexity index is 492. The molecule has 1 aliphatic heterocycles. The lowest BCUT2D eigenvalue weighted by Crippen LogP contribution is -2.13. The van der Waals surface area contributed by atoms with E-state index >= 15 is 0 Å². The van der Waals surface area contributed by atoms with Crippen molar-refractivity contribution in [3.8, 4) is 5.75 Å². The Labute approximate surface area is 129 Å². The van der Waals surface area contributed by atoms with Crippen molar-refractivity contribution in [2.24, 2.45) is 4.99 Å². The van der Waals surface area contributed by atoms with Crippen LogP contribution in [-0.2, 0) is 5.54 Å².